The maximum Gasteiger partial charge on any atom is 0.138 e. The maximum absolute atomic E-state index is 4.84. The Labute approximate surface area is 117 Å². The Morgan fingerprint density at radius 3 is 2.84 bits per heavy atom. The average molecular weight is 273 g/mol. The van der Waals surface area contributed by atoms with E-state index in [1.807, 2.05) is 18.4 Å². The highest BCUT2D eigenvalue weighted by atomic mass is 32.1. The number of hydrogen-bond donors (Lipinski definition) is 1. The zero-order valence-corrected chi connectivity index (χ0v) is 12.1. The lowest BCUT2D eigenvalue weighted by atomic mass is 9.97. The van der Waals surface area contributed by atoms with Crippen LogP contribution in [-0.2, 0) is 19.3 Å². The minimum atomic E-state index is 0.844. The molecule has 0 unspecified atom stereocenters. The molecule has 4 heteroatoms. The van der Waals surface area contributed by atoms with Crippen LogP contribution in [0.2, 0.25) is 0 Å². The molecule has 0 spiro atoms. The van der Waals surface area contributed by atoms with Crippen molar-refractivity contribution in [3.8, 4) is 0 Å². The molecule has 2 aliphatic rings. The van der Waals surface area contributed by atoms with Crippen LogP contribution in [0.5, 0.6) is 0 Å². The van der Waals surface area contributed by atoms with Crippen molar-refractivity contribution in [3.05, 3.63) is 16.3 Å². The van der Waals surface area contributed by atoms with Crippen LogP contribution < -0.4 is 5.32 Å². The van der Waals surface area contributed by atoms with Crippen LogP contribution in [0.4, 0.5) is 5.82 Å². The van der Waals surface area contributed by atoms with Crippen molar-refractivity contribution in [1.29, 1.82) is 0 Å². The van der Waals surface area contributed by atoms with E-state index >= 15 is 0 Å². The van der Waals surface area contributed by atoms with Gasteiger partial charge in [-0.1, -0.05) is 0 Å². The second kappa shape index (κ2) is 4.44. The van der Waals surface area contributed by atoms with E-state index < -0.39 is 0 Å². The van der Waals surface area contributed by atoms with Crippen molar-refractivity contribution < 1.29 is 0 Å². The van der Waals surface area contributed by atoms with Gasteiger partial charge < -0.3 is 5.32 Å². The largest absolute Gasteiger partial charge is 0.372 e. The van der Waals surface area contributed by atoms with Gasteiger partial charge in [0.25, 0.3) is 0 Å². The van der Waals surface area contributed by atoms with Gasteiger partial charge in [-0.15, -0.1) is 11.3 Å². The van der Waals surface area contributed by atoms with Gasteiger partial charge in [0.15, 0.2) is 0 Å². The highest BCUT2D eigenvalue weighted by Crippen LogP contribution is 2.39. The van der Waals surface area contributed by atoms with E-state index in [9.17, 15) is 0 Å². The Morgan fingerprint density at radius 1 is 1.21 bits per heavy atom. The van der Waals surface area contributed by atoms with Gasteiger partial charge in [0.05, 0.1) is 5.39 Å². The molecule has 2 heterocycles. The molecule has 2 aromatic rings. The molecule has 19 heavy (non-hydrogen) atoms. The Bertz CT molecular complexity index is 628. The van der Waals surface area contributed by atoms with Crippen LogP contribution in [0.15, 0.2) is 0 Å². The summed E-state index contributed by atoms with van der Waals surface area (Å²) in [6, 6.07) is 0. The second-order valence-electron chi connectivity index (χ2n) is 5.78. The van der Waals surface area contributed by atoms with Crippen LogP contribution >= 0.6 is 11.3 Å². The molecule has 0 amide bonds. The number of thiophene rings is 1. The molecule has 1 fully saturated rings. The predicted molar refractivity (Wildman–Crippen MR) is 80.0 cm³/mol. The third-order valence-corrected chi connectivity index (χ3v) is 5.45. The summed E-state index contributed by atoms with van der Waals surface area (Å²) in [5.74, 6) is 2.94. The molecule has 2 aliphatic carbocycles. The predicted octanol–water partition coefficient (Wildman–Crippen LogP) is 3.56. The van der Waals surface area contributed by atoms with Gasteiger partial charge in [0.1, 0.15) is 16.5 Å². The Morgan fingerprint density at radius 2 is 2.05 bits per heavy atom. The molecule has 0 aromatic carbocycles. The number of aryl methyl sites for hydroxylation is 2. The fourth-order valence-electron chi connectivity index (χ4n) is 3.05. The number of nitrogens with zero attached hydrogens (tertiary/aromatic N) is 2. The summed E-state index contributed by atoms with van der Waals surface area (Å²) in [6.45, 7) is 0. The average Bonchev–Trinajstić information content (AvgIpc) is 3.16. The fourth-order valence-corrected chi connectivity index (χ4v) is 4.33. The van der Waals surface area contributed by atoms with Gasteiger partial charge in [-0.2, -0.15) is 0 Å². The molecule has 0 aliphatic heterocycles. The van der Waals surface area contributed by atoms with Crippen molar-refractivity contribution in [1.82, 2.24) is 9.97 Å². The van der Waals surface area contributed by atoms with Crippen molar-refractivity contribution in [3.63, 3.8) is 0 Å². The van der Waals surface area contributed by atoms with Crippen molar-refractivity contribution in [2.24, 2.45) is 5.92 Å². The van der Waals surface area contributed by atoms with Gasteiger partial charge in [-0.3, -0.25) is 0 Å². The summed E-state index contributed by atoms with van der Waals surface area (Å²) in [6.07, 6.45) is 8.86. The number of rotatable bonds is 3. The van der Waals surface area contributed by atoms with Crippen LogP contribution in [-0.4, -0.2) is 17.0 Å². The van der Waals surface area contributed by atoms with E-state index in [2.05, 4.69) is 5.32 Å². The molecule has 4 rings (SSSR count). The first-order valence-corrected chi connectivity index (χ1v) is 8.15. The molecule has 1 N–H and O–H groups in total. The van der Waals surface area contributed by atoms with Gasteiger partial charge >= 0.3 is 0 Å². The Balaban J connectivity index is 1.86. The number of hydrogen-bond acceptors (Lipinski definition) is 4. The molecule has 0 bridgehead atoms. The van der Waals surface area contributed by atoms with Gasteiger partial charge in [-0.25, -0.2) is 9.97 Å². The fraction of sp³-hybridized carbons (Fsp3) is 0.600. The van der Waals surface area contributed by atoms with Crippen LogP contribution in [0.1, 0.15) is 41.9 Å². The number of fused-ring (bicyclic) bond motifs is 3. The lowest BCUT2D eigenvalue weighted by molar-refractivity contribution is 0.700. The number of anilines is 1. The smallest absolute Gasteiger partial charge is 0.138 e. The van der Waals surface area contributed by atoms with Crippen LogP contribution in [0.3, 0.4) is 0 Å². The highest BCUT2D eigenvalue weighted by molar-refractivity contribution is 7.19. The second-order valence-corrected chi connectivity index (χ2v) is 6.86. The normalized spacial score (nSPS) is 18.6. The van der Waals surface area contributed by atoms with Crippen molar-refractivity contribution >= 4 is 27.4 Å². The summed E-state index contributed by atoms with van der Waals surface area (Å²) in [7, 11) is 1.98. The topological polar surface area (TPSA) is 37.8 Å². The van der Waals surface area contributed by atoms with E-state index in [-0.39, 0.29) is 0 Å². The SMILES string of the molecule is CNc1nc(CC2CC2)nc2sc3c(c12)CCCC3. The molecule has 0 radical (unpaired) electrons. The van der Waals surface area contributed by atoms with E-state index in [1.54, 1.807) is 4.88 Å². The first-order valence-electron chi connectivity index (χ1n) is 7.34. The highest BCUT2D eigenvalue weighted by Gasteiger charge is 2.25. The van der Waals surface area contributed by atoms with Crippen molar-refractivity contribution in [2.75, 3.05) is 12.4 Å². The zero-order valence-electron chi connectivity index (χ0n) is 11.3. The minimum Gasteiger partial charge on any atom is -0.372 e. The van der Waals surface area contributed by atoms with Crippen LogP contribution in [0, 0.1) is 5.92 Å². The third kappa shape index (κ3) is 2.02. The monoisotopic (exact) mass is 273 g/mol. The van der Waals surface area contributed by atoms with Crippen LogP contribution in [0.25, 0.3) is 10.2 Å². The zero-order chi connectivity index (χ0) is 12.8. The number of aromatic nitrogens is 2. The first-order chi connectivity index (χ1) is 9.35. The third-order valence-electron chi connectivity index (χ3n) is 4.27. The summed E-state index contributed by atoms with van der Waals surface area (Å²) >= 11 is 1.90. The standard InChI is InChI=1S/C15H19N3S/c1-16-14-13-10-4-2-3-5-11(10)19-15(13)18-12(17-14)8-9-6-7-9/h9H,2-8H2,1H3,(H,16,17,18). The van der Waals surface area contributed by atoms with Gasteiger partial charge in [0, 0.05) is 18.3 Å². The summed E-state index contributed by atoms with van der Waals surface area (Å²) in [5, 5.41) is 4.60. The molecule has 3 nitrogen and oxygen atoms in total. The minimum absolute atomic E-state index is 0.844. The summed E-state index contributed by atoms with van der Waals surface area (Å²) < 4.78 is 0. The summed E-state index contributed by atoms with van der Waals surface area (Å²) in [5.41, 5.74) is 1.52. The molecule has 100 valence electrons. The van der Waals surface area contributed by atoms with Gasteiger partial charge in [-0.05, 0) is 50.0 Å². The molecular weight excluding hydrogens is 254 g/mol. The molecule has 2 aromatic heterocycles. The first kappa shape index (κ1) is 11.6. The van der Waals surface area contributed by atoms with E-state index in [0.29, 0.717) is 0 Å². The summed E-state index contributed by atoms with van der Waals surface area (Å²) in [4.78, 5) is 12.4. The Kier molecular flexibility index (Phi) is 2.72. The Hall–Kier alpha value is -1.16. The molecule has 1 saturated carbocycles. The lowest BCUT2D eigenvalue weighted by Crippen LogP contribution is -2.04. The molecular formula is C15H19N3S. The van der Waals surface area contributed by atoms with E-state index in [0.717, 1.165) is 24.0 Å². The van der Waals surface area contributed by atoms with E-state index in [1.165, 1.54) is 54.3 Å². The van der Waals surface area contributed by atoms with E-state index in [4.69, 9.17) is 9.97 Å². The maximum atomic E-state index is 4.84. The lowest BCUT2D eigenvalue weighted by Gasteiger charge is -2.11. The molecule has 0 saturated heterocycles. The number of nitrogens with one attached hydrogen (secondary N) is 1. The quantitative estimate of drug-likeness (QED) is 0.929. The van der Waals surface area contributed by atoms with Crippen molar-refractivity contribution in [2.45, 2.75) is 44.9 Å². The van der Waals surface area contributed by atoms with Gasteiger partial charge in [0.2, 0.25) is 0 Å². The molecule has 0 atom stereocenters.